The van der Waals surface area contributed by atoms with Crippen molar-refractivity contribution in [1.29, 1.82) is 0 Å². The summed E-state index contributed by atoms with van der Waals surface area (Å²) in [5, 5.41) is 17.5. The van der Waals surface area contributed by atoms with E-state index in [4.69, 9.17) is 9.84 Å². The number of imide groups is 1. The zero-order valence-electron chi connectivity index (χ0n) is 13.3. The molecule has 1 aliphatic rings. The van der Waals surface area contributed by atoms with E-state index in [2.05, 4.69) is 0 Å². The molecule has 0 saturated carbocycles. The molecule has 0 aromatic heterocycles. The van der Waals surface area contributed by atoms with Gasteiger partial charge in [-0.25, -0.2) is 9.69 Å². The minimum absolute atomic E-state index is 0.0365. The number of phenols is 1. The number of carbonyl (C=O) groups excluding carboxylic acids is 2. The molecular formula is C18H13NO6S. The molecule has 1 saturated heterocycles. The quantitative estimate of drug-likeness (QED) is 0.778. The van der Waals surface area contributed by atoms with Gasteiger partial charge in [0.25, 0.3) is 11.1 Å². The lowest BCUT2D eigenvalue weighted by Crippen LogP contribution is -2.27. The monoisotopic (exact) mass is 371 g/mol. The van der Waals surface area contributed by atoms with Crippen LogP contribution in [0.1, 0.15) is 5.56 Å². The Balaban J connectivity index is 1.82. The molecule has 0 spiro atoms. The lowest BCUT2D eigenvalue weighted by Gasteiger charge is -2.12. The highest BCUT2D eigenvalue weighted by atomic mass is 32.2. The molecule has 132 valence electrons. The van der Waals surface area contributed by atoms with Crippen LogP contribution in [0.25, 0.3) is 6.08 Å². The van der Waals surface area contributed by atoms with Crippen LogP contribution in [0.4, 0.5) is 10.5 Å². The summed E-state index contributed by atoms with van der Waals surface area (Å²) >= 11 is 0.801. The van der Waals surface area contributed by atoms with Gasteiger partial charge in [0.05, 0.1) is 10.6 Å². The number of aliphatic carboxylic acids is 1. The summed E-state index contributed by atoms with van der Waals surface area (Å²) in [6.07, 6.45) is 1.54. The molecule has 0 unspecified atom stereocenters. The Kier molecular flexibility index (Phi) is 4.94. The van der Waals surface area contributed by atoms with E-state index in [1.807, 2.05) is 0 Å². The number of nitrogens with zero attached hydrogens (tertiary/aromatic N) is 1. The topological polar surface area (TPSA) is 104 Å². The average molecular weight is 371 g/mol. The Bertz CT molecular complexity index is 906. The first-order valence-corrected chi connectivity index (χ1v) is 8.27. The van der Waals surface area contributed by atoms with Crippen LogP contribution in [0, 0.1) is 0 Å². The first-order valence-electron chi connectivity index (χ1n) is 7.46. The van der Waals surface area contributed by atoms with Gasteiger partial charge < -0.3 is 14.9 Å². The van der Waals surface area contributed by atoms with Gasteiger partial charge in [-0.05, 0) is 59.8 Å². The van der Waals surface area contributed by atoms with Crippen molar-refractivity contribution in [2.75, 3.05) is 11.5 Å². The molecule has 0 bridgehead atoms. The van der Waals surface area contributed by atoms with E-state index in [0.29, 0.717) is 17.0 Å². The second-order valence-electron chi connectivity index (χ2n) is 5.29. The van der Waals surface area contributed by atoms with Gasteiger partial charge in [-0.2, -0.15) is 0 Å². The molecule has 1 heterocycles. The molecule has 2 aromatic carbocycles. The van der Waals surface area contributed by atoms with Crippen molar-refractivity contribution in [2.45, 2.75) is 0 Å². The number of hydrogen-bond donors (Lipinski definition) is 2. The van der Waals surface area contributed by atoms with Gasteiger partial charge in [-0.1, -0.05) is 12.1 Å². The van der Waals surface area contributed by atoms with Crippen molar-refractivity contribution < 1.29 is 29.3 Å². The number of aromatic hydroxyl groups is 1. The van der Waals surface area contributed by atoms with E-state index in [1.165, 1.54) is 24.3 Å². The number of rotatable bonds is 5. The van der Waals surface area contributed by atoms with Crippen molar-refractivity contribution >= 4 is 40.6 Å². The molecule has 2 amide bonds. The molecule has 1 fully saturated rings. The van der Waals surface area contributed by atoms with Gasteiger partial charge in [0.15, 0.2) is 6.61 Å². The Morgan fingerprint density at radius 2 is 1.88 bits per heavy atom. The summed E-state index contributed by atoms with van der Waals surface area (Å²) in [4.78, 5) is 36.6. The van der Waals surface area contributed by atoms with Gasteiger partial charge >= 0.3 is 5.97 Å². The summed E-state index contributed by atoms with van der Waals surface area (Å²) in [7, 11) is 0. The molecule has 0 aliphatic carbocycles. The summed E-state index contributed by atoms with van der Waals surface area (Å²) in [6, 6.07) is 12.3. The summed E-state index contributed by atoms with van der Waals surface area (Å²) in [6.45, 7) is -0.471. The predicted octanol–water partition coefficient (Wildman–Crippen LogP) is 3.10. The molecule has 0 radical (unpaired) electrons. The smallest absolute Gasteiger partial charge is 0.341 e. The molecule has 2 aromatic rings. The van der Waals surface area contributed by atoms with Gasteiger partial charge in [0.1, 0.15) is 11.5 Å². The highest BCUT2D eigenvalue weighted by molar-refractivity contribution is 8.19. The van der Waals surface area contributed by atoms with Gasteiger partial charge in [0.2, 0.25) is 0 Å². The summed E-state index contributed by atoms with van der Waals surface area (Å²) < 4.78 is 5.10. The number of phenolic OH excluding ortho intramolecular Hbond substituents is 1. The Labute approximate surface area is 152 Å². The number of benzene rings is 2. The minimum atomic E-state index is -1.09. The van der Waals surface area contributed by atoms with Crippen LogP contribution >= 0.6 is 11.8 Å². The molecule has 0 atom stereocenters. The van der Waals surface area contributed by atoms with E-state index >= 15 is 0 Å². The second kappa shape index (κ2) is 7.32. The summed E-state index contributed by atoms with van der Waals surface area (Å²) in [5.41, 5.74) is 0.969. The number of thioether (sulfide) groups is 1. The predicted molar refractivity (Wildman–Crippen MR) is 96.1 cm³/mol. The van der Waals surface area contributed by atoms with Gasteiger partial charge in [0, 0.05) is 0 Å². The maximum absolute atomic E-state index is 12.6. The first kappa shape index (κ1) is 17.6. The van der Waals surface area contributed by atoms with Crippen LogP contribution in [0.2, 0.25) is 0 Å². The molecule has 1 aliphatic heterocycles. The van der Waals surface area contributed by atoms with E-state index < -0.39 is 23.7 Å². The average Bonchev–Trinajstić information content (AvgIpc) is 2.88. The number of anilines is 1. The van der Waals surface area contributed by atoms with Crippen LogP contribution in [0.15, 0.2) is 53.4 Å². The third-order valence-corrected chi connectivity index (χ3v) is 4.29. The molecular weight excluding hydrogens is 358 g/mol. The van der Waals surface area contributed by atoms with Crippen LogP contribution in [0.5, 0.6) is 11.5 Å². The van der Waals surface area contributed by atoms with Crippen LogP contribution in [0.3, 0.4) is 0 Å². The Morgan fingerprint density at radius 1 is 1.15 bits per heavy atom. The summed E-state index contributed by atoms with van der Waals surface area (Å²) in [5.74, 6) is -1.18. The van der Waals surface area contributed by atoms with Crippen LogP contribution in [-0.4, -0.2) is 33.9 Å². The van der Waals surface area contributed by atoms with Crippen LogP contribution in [-0.2, 0) is 9.59 Å². The zero-order chi connectivity index (χ0) is 18.7. The lowest BCUT2D eigenvalue weighted by atomic mass is 10.2. The number of carbonyl (C=O) groups is 3. The molecule has 7 nitrogen and oxygen atoms in total. The first-order chi connectivity index (χ1) is 12.4. The Hall–Kier alpha value is -3.26. The van der Waals surface area contributed by atoms with Crippen molar-refractivity contribution in [3.05, 3.63) is 59.0 Å². The number of hydrogen-bond acceptors (Lipinski definition) is 6. The van der Waals surface area contributed by atoms with Crippen molar-refractivity contribution in [3.63, 3.8) is 0 Å². The van der Waals surface area contributed by atoms with Crippen molar-refractivity contribution in [3.8, 4) is 11.5 Å². The number of ether oxygens (including phenoxy) is 1. The SMILES string of the molecule is O=C(O)COc1cccc(/C=C2/SC(=O)N(c3ccc(O)cc3)C2=O)c1. The normalized spacial score (nSPS) is 15.5. The second-order valence-corrected chi connectivity index (χ2v) is 6.28. The van der Waals surface area contributed by atoms with E-state index in [1.54, 1.807) is 30.3 Å². The lowest BCUT2D eigenvalue weighted by molar-refractivity contribution is -0.139. The zero-order valence-corrected chi connectivity index (χ0v) is 14.1. The molecule has 3 rings (SSSR count). The van der Waals surface area contributed by atoms with Gasteiger partial charge in [-0.3, -0.25) is 9.59 Å². The fraction of sp³-hybridized carbons (Fsp3) is 0.0556. The number of carboxylic acid groups (broad SMARTS) is 1. The largest absolute Gasteiger partial charge is 0.508 e. The maximum Gasteiger partial charge on any atom is 0.341 e. The maximum atomic E-state index is 12.6. The van der Waals surface area contributed by atoms with E-state index in [0.717, 1.165) is 16.7 Å². The van der Waals surface area contributed by atoms with E-state index in [9.17, 15) is 19.5 Å². The number of amides is 2. The highest BCUT2D eigenvalue weighted by Gasteiger charge is 2.36. The third kappa shape index (κ3) is 3.86. The van der Waals surface area contributed by atoms with Crippen molar-refractivity contribution in [2.24, 2.45) is 0 Å². The Morgan fingerprint density at radius 3 is 2.58 bits per heavy atom. The standard InChI is InChI=1S/C18H13NO6S/c20-13-6-4-12(5-7-13)19-17(23)15(26-18(19)24)9-11-2-1-3-14(8-11)25-10-16(21)22/h1-9,20H,10H2,(H,21,22)/b15-9+. The minimum Gasteiger partial charge on any atom is -0.508 e. The third-order valence-electron chi connectivity index (χ3n) is 3.42. The fourth-order valence-electron chi connectivity index (χ4n) is 2.28. The van der Waals surface area contributed by atoms with Gasteiger partial charge in [-0.15, -0.1) is 0 Å². The van der Waals surface area contributed by atoms with Crippen molar-refractivity contribution in [1.82, 2.24) is 0 Å². The molecule has 8 heteroatoms. The highest BCUT2D eigenvalue weighted by Crippen LogP contribution is 2.36. The fourth-order valence-corrected chi connectivity index (χ4v) is 3.12. The number of carboxylic acids is 1. The van der Waals surface area contributed by atoms with E-state index in [-0.39, 0.29) is 10.7 Å². The molecule has 26 heavy (non-hydrogen) atoms. The molecule has 2 N–H and O–H groups in total. The van der Waals surface area contributed by atoms with Crippen LogP contribution < -0.4 is 9.64 Å².